The summed E-state index contributed by atoms with van der Waals surface area (Å²) in [4.78, 5) is 22.7. The molecule has 0 aliphatic heterocycles. The monoisotopic (exact) mass is 877 g/mol. The summed E-state index contributed by atoms with van der Waals surface area (Å²) < 4.78 is 33.5. The predicted octanol–water partition coefficient (Wildman–Crippen LogP) is 15.0. The Morgan fingerprint density at radius 2 is 0.750 bits per heavy atom. The van der Waals surface area contributed by atoms with Gasteiger partial charge in [0.25, 0.3) is 0 Å². The summed E-state index contributed by atoms with van der Waals surface area (Å²) >= 11 is 0. The summed E-state index contributed by atoms with van der Waals surface area (Å²) in [6, 6.07) is 0. The van der Waals surface area contributed by atoms with E-state index in [4.69, 9.17) is 23.6 Å². The van der Waals surface area contributed by atoms with Crippen molar-refractivity contribution in [1.82, 2.24) is 0 Å². The predicted molar refractivity (Wildman–Crippen MR) is 252 cm³/mol. The molecule has 0 aromatic rings. The van der Waals surface area contributed by atoms with Crippen LogP contribution >= 0.6 is 7.82 Å². The Hall–Kier alpha value is -0.540. The average Bonchev–Trinajstić information content (AvgIpc) is 3.24. The summed E-state index contributed by atoms with van der Waals surface area (Å²) in [5.41, 5.74) is 0. The molecule has 0 aromatic carbocycles. The molecule has 0 saturated carbocycles. The first-order valence-corrected chi connectivity index (χ1v) is 27.5. The minimum absolute atomic E-state index is 0.0587. The van der Waals surface area contributed by atoms with Crippen molar-refractivity contribution in [2.24, 2.45) is 0 Å². The van der Waals surface area contributed by atoms with Crippen LogP contribution in [-0.2, 0) is 27.9 Å². The number of esters is 1. The van der Waals surface area contributed by atoms with Crippen LogP contribution in [-0.4, -0.2) is 66.3 Å². The lowest BCUT2D eigenvalue weighted by molar-refractivity contribution is -0.154. The first-order chi connectivity index (χ1) is 29.3. The van der Waals surface area contributed by atoms with Crippen LogP contribution in [0.2, 0.25) is 0 Å². The highest BCUT2D eigenvalue weighted by Crippen LogP contribution is 2.43. The van der Waals surface area contributed by atoms with Crippen LogP contribution in [0.15, 0.2) is 0 Å². The Morgan fingerprint density at radius 1 is 0.450 bits per heavy atom. The zero-order chi connectivity index (χ0) is 43.9. The van der Waals surface area contributed by atoms with Crippen molar-refractivity contribution in [2.75, 3.05) is 33.0 Å². The third-order valence-corrected chi connectivity index (χ3v) is 12.7. The number of aliphatic hydroxyl groups excluding tert-OH is 2. The van der Waals surface area contributed by atoms with E-state index in [-0.39, 0.29) is 25.6 Å². The molecular weight excluding hydrogens is 776 g/mol. The number of hydrogen-bond donors (Lipinski definition) is 3. The highest BCUT2D eigenvalue weighted by atomic mass is 31.2. The second kappa shape index (κ2) is 47.9. The van der Waals surface area contributed by atoms with Gasteiger partial charge in [0.05, 0.1) is 26.4 Å². The van der Waals surface area contributed by atoms with Crippen molar-refractivity contribution < 1.29 is 43.0 Å². The van der Waals surface area contributed by atoms with Gasteiger partial charge in [-0.1, -0.05) is 251 Å². The van der Waals surface area contributed by atoms with Gasteiger partial charge in [0.1, 0.15) is 12.2 Å². The van der Waals surface area contributed by atoms with Crippen molar-refractivity contribution in [3.05, 3.63) is 0 Å². The van der Waals surface area contributed by atoms with Crippen LogP contribution in [0.1, 0.15) is 271 Å². The Labute approximate surface area is 371 Å². The van der Waals surface area contributed by atoms with E-state index in [9.17, 15) is 19.4 Å². The molecule has 0 heterocycles. The summed E-state index contributed by atoms with van der Waals surface area (Å²) in [6.07, 6.45) is 49.3. The van der Waals surface area contributed by atoms with Crippen LogP contribution in [0, 0.1) is 0 Å². The Morgan fingerprint density at radius 3 is 1.08 bits per heavy atom. The van der Waals surface area contributed by atoms with E-state index in [1.807, 2.05) is 0 Å². The Kier molecular flexibility index (Phi) is 47.5. The molecule has 0 radical (unpaired) electrons. The van der Waals surface area contributed by atoms with Gasteiger partial charge < -0.3 is 24.6 Å². The standard InChI is InChI=1S/C50H101O9P/c1-3-5-7-9-11-13-15-17-19-21-22-23-24-25-26-27-28-30-32-34-36-38-40-42-50(53)59-49(47-58-60(54,55)57-45-48(52)44-51)46-56-43-41-39-37-35-33-31-29-20-18-16-14-12-10-8-6-4-2/h48-49,51-52H,3-47H2,1-2H3,(H,54,55). The van der Waals surface area contributed by atoms with Gasteiger partial charge in [-0.3, -0.25) is 13.8 Å². The molecule has 0 fully saturated rings. The molecule has 9 nitrogen and oxygen atoms in total. The molecule has 0 spiro atoms. The van der Waals surface area contributed by atoms with E-state index < -0.39 is 33.2 Å². The first kappa shape index (κ1) is 59.5. The van der Waals surface area contributed by atoms with Gasteiger partial charge >= 0.3 is 13.8 Å². The molecule has 0 saturated heterocycles. The van der Waals surface area contributed by atoms with Crippen LogP contribution in [0.5, 0.6) is 0 Å². The molecule has 10 heteroatoms. The second-order valence-electron chi connectivity index (χ2n) is 17.9. The largest absolute Gasteiger partial charge is 0.472 e. The SMILES string of the molecule is CCCCCCCCCCCCCCCCCCCCCCCCCC(=O)OC(COCCCCCCCCCCCCCCCCCC)COP(=O)(O)OCC(O)CO. The summed E-state index contributed by atoms with van der Waals surface area (Å²) in [5, 5.41) is 18.4. The van der Waals surface area contributed by atoms with E-state index in [0.29, 0.717) is 6.61 Å². The molecule has 3 unspecified atom stereocenters. The molecule has 0 aromatic heterocycles. The highest BCUT2D eigenvalue weighted by Gasteiger charge is 2.26. The maximum absolute atomic E-state index is 12.7. The Bertz CT molecular complexity index is 907. The lowest BCUT2D eigenvalue weighted by Gasteiger charge is -2.20. The number of ether oxygens (including phenoxy) is 2. The van der Waals surface area contributed by atoms with Crippen LogP contribution in [0.4, 0.5) is 0 Å². The fourth-order valence-corrected chi connectivity index (χ4v) is 8.62. The molecule has 0 rings (SSSR count). The Balaban J connectivity index is 3.98. The van der Waals surface area contributed by atoms with Crippen molar-refractivity contribution in [1.29, 1.82) is 0 Å². The molecule has 3 atom stereocenters. The molecule has 0 amide bonds. The molecule has 0 bridgehead atoms. The van der Waals surface area contributed by atoms with Gasteiger partial charge in [-0.25, -0.2) is 4.57 Å². The van der Waals surface area contributed by atoms with Crippen LogP contribution in [0.25, 0.3) is 0 Å². The maximum Gasteiger partial charge on any atom is 0.472 e. The van der Waals surface area contributed by atoms with Crippen molar-refractivity contribution >= 4 is 13.8 Å². The summed E-state index contributed by atoms with van der Waals surface area (Å²) in [5.74, 6) is -0.373. The zero-order valence-electron chi connectivity index (χ0n) is 39.7. The third kappa shape index (κ3) is 47.0. The quantitative estimate of drug-likeness (QED) is 0.0310. The van der Waals surface area contributed by atoms with E-state index >= 15 is 0 Å². The van der Waals surface area contributed by atoms with Gasteiger partial charge in [0.2, 0.25) is 0 Å². The van der Waals surface area contributed by atoms with E-state index in [0.717, 1.165) is 32.1 Å². The molecule has 60 heavy (non-hydrogen) atoms. The third-order valence-electron chi connectivity index (χ3n) is 11.8. The highest BCUT2D eigenvalue weighted by molar-refractivity contribution is 7.47. The smallest absolute Gasteiger partial charge is 0.457 e. The van der Waals surface area contributed by atoms with Crippen LogP contribution in [0.3, 0.4) is 0 Å². The van der Waals surface area contributed by atoms with Crippen molar-refractivity contribution in [3.63, 3.8) is 0 Å². The van der Waals surface area contributed by atoms with Crippen LogP contribution < -0.4 is 0 Å². The summed E-state index contributed by atoms with van der Waals surface area (Å²) in [7, 11) is -4.51. The number of hydrogen-bond acceptors (Lipinski definition) is 8. The number of carbonyl (C=O) groups excluding carboxylic acids is 1. The maximum atomic E-state index is 12.7. The van der Waals surface area contributed by atoms with E-state index in [2.05, 4.69) is 13.8 Å². The number of carbonyl (C=O) groups is 1. The topological polar surface area (TPSA) is 132 Å². The van der Waals surface area contributed by atoms with Crippen molar-refractivity contribution in [3.8, 4) is 0 Å². The lowest BCUT2D eigenvalue weighted by atomic mass is 10.0. The average molecular weight is 877 g/mol. The molecule has 0 aliphatic carbocycles. The van der Waals surface area contributed by atoms with Gasteiger partial charge in [0.15, 0.2) is 0 Å². The van der Waals surface area contributed by atoms with Gasteiger partial charge in [-0.15, -0.1) is 0 Å². The lowest BCUT2D eigenvalue weighted by Crippen LogP contribution is -2.29. The molecule has 0 aliphatic rings. The van der Waals surface area contributed by atoms with E-state index in [1.165, 1.54) is 218 Å². The first-order valence-electron chi connectivity index (χ1n) is 26.0. The zero-order valence-corrected chi connectivity index (χ0v) is 40.6. The number of phosphoric ester groups is 1. The minimum atomic E-state index is -4.51. The second-order valence-corrected chi connectivity index (χ2v) is 19.4. The summed E-state index contributed by atoms with van der Waals surface area (Å²) in [6.45, 7) is 3.61. The number of phosphoric acid groups is 1. The van der Waals surface area contributed by atoms with E-state index in [1.54, 1.807) is 0 Å². The van der Waals surface area contributed by atoms with Gasteiger partial charge in [0, 0.05) is 13.0 Å². The van der Waals surface area contributed by atoms with Gasteiger partial charge in [-0.05, 0) is 12.8 Å². The number of rotatable bonds is 51. The van der Waals surface area contributed by atoms with Crippen molar-refractivity contribution in [2.45, 2.75) is 283 Å². The molecule has 360 valence electrons. The molecule has 3 N–H and O–H groups in total. The van der Waals surface area contributed by atoms with Gasteiger partial charge in [-0.2, -0.15) is 0 Å². The fourth-order valence-electron chi connectivity index (χ4n) is 7.83. The molecular formula is C50H101O9P. The number of unbranched alkanes of at least 4 members (excludes halogenated alkanes) is 37. The normalized spacial score (nSPS) is 13.8. The fraction of sp³-hybridized carbons (Fsp3) is 0.980. The minimum Gasteiger partial charge on any atom is -0.457 e. The number of aliphatic hydroxyl groups is 2.